The molecule has 0 spiro atoms. The minimum atomic E-state index is -0.109. The van der Waals surface area contributed by atoms with Gasteiger partial charge in [0.05, 0.1) is 0 Å². The van der Waals surface area contributed by atoms with Gasteiger partial charge in [-0.2, -0.15) is 0 Å². The molecule has 0 heterocycles. The van der Waals surface area contributed by atoms with Crippen LogP contribution in [0.1, 0.15) is 123 Å². The summed E-state index contributed by atoms with van der Waals surface area (Å²) in [5, 5.41) is 14.9. The molecule has 5 nitrogen and oxygen atoms in total. The van der Waals surface area contributed by atoms with Crippen molar-refractivity contribution in [1.82, 2.24) is 10.6 Å². The molecule has 0 saturated heterocycles. The monoisotopic (exact) mass is 436 g/mol. The maximum Gasteiger partial charge on any atom is 0.315 e. The van der Waals surface area contributed by atoms with Gasteiger partial charge in [0.15, 0.2) is 0 Å². The summed E-state index contributed by atoms with van der Waals surface area (Å²) in [4.78, 5) is 24.3. The van der Waals surface area contributed by atoms with Gasteiger partial charge in [0.2, 0.25) is 0 Å². The maximum absolute atomic E-state index is 12.2. The van der Waals surface area contributed by atoms with Crippen LogP contribution in [-0.4, -0.2) is 35.6 Å². The molecule has 3 rings (SSSR count). The molecule has 3 fully saturated rings. The molecule has 0 aliphatic heterocycles. The van der Waals surface area contributed by atoms with E-state index in [0.29, 0.717) is 12.4 Å². The third-order valence-corrected chi connectivity index (χ3v) is 7.33. The van der Waals surface area contributed by atoms with Crippen LogP contribution in [0.5, 0.6) is 0 Å². The zero-order valence-electron chi connectivity index (χ0n) is 20.3. The third-order valence-electron chi connectivity index (χ3n) is 7.33. The molecule has 3 N–H and O–H groups in total. The Morgan fingerprint density at radius 2 is 1.16 bits per heavy atom. The first-order chi connectivity index (χ1) is 14.9. The minimum absolute atomic E-state index is 0.0568. The molecule has 0 atom stereocenters. The fourth-order valence-corrected chi connectivity index (χ4v) is 5.64. The summed E-state index contributed by atoms with van der Waals surface area (Å²) in [5.74, 6) is 0.479. The van der Waals surface area contributed by atoms with Crippen LogP contribution in [0.4, 0.5) is 4.79 Å². The van der Waals surface area contributed by atoms with Crippen LogP contribution in [-0.2, 0) is 4.79 Å². The number of carbonyl (C=O) groups excluding carboxylic acids is 2. The number of urea groups is 1. The van der Waals surface area contributed by atoms with Gasteiger partial charge in [-0.05, 0) is 32.1 Å². The van der Waals surface area contributed by atoms with E-state index in [4.69, 9.17) is 5.11 Å². The molecule has 2 amide bonds. The van der Waals surface area contributed by atoms with Gasteiger partial charge in [0.25, 0.3) is 0 Å². The van der Waals surface area contributed by atoms with E-state index >= 15 is 0 Å². The van der Waals surface area contributed by atoms with Gasteiger partial charge < -0.3 is 15.7 Å². The number of rotatable bonds is 19. The first-order valence-electron chi connectivity index (χ1n) is 13.1. The lowest BCUT2D eigenvalue weighted by molar-refractivity contribution is -0.178. The highest BCUT2D eigenvalue weighted by Crippen LogP contribution is 2.68. The van der Waals surface area contributed by atoms with E-state index < -0.39 is 0 Å². The lowest BCUT2D eigenvalue weighted by Crippen LogP contribution is -2.78. The second-order valence-electron chi connectivity index (χ2n) is 10.7. The first kappa shape index (κ1) is 26.2. The van der Waals surface area contributed by atoms with Crippen LogP contribution >= 0.6 is 0 Å². The number of aliphatic hydroxyl groups excluding tert-OH is 1. The van der Waals surface area contributed by atoms with Crippen molar-refractivity contribution in [3.8, 4) is 0 Å². The highest BCUT2D eigenvalue weighted by atomic mass is 16.3. The number of hydrogen-bond donors (Lipinski definition) is 3. The van der Waals surface area contributed by atoms with E-state index in [-0.39, 0.29) is 22.9 Å². The Balaban J connectivity index is 1.31. The van der Waals surface area contributed by atoms with E-state index in [0.717, 1.165) is 38.6 Å². The summed E-state index contributed by atoms with van der Waals surface area (Å²) < 4.78 is 0. The predicted octanol–water partition coefficient (Wildman–Crippen LogP) is 5.89. The molecule has 0 aromatic rings. The number of unbranched alkanes of at least 4 members (excludes halogenated alkanes) is 13. The highest BCUT2D eigenvalue weighted by molar-refractivity contribution is 5.91. The Bertz CT molecular complexity index is 527. The number of ketones is 1. The van der Waals surface area contributed by atoms with Crippen LogP contribution in [0.25, 0.3) is 0 Å². The van der Waals surface area contributed by atoms with Crippen molar-refractivity contribution in [2.45, 2.75) is 129 Å². The molecule has 2 bridgehead atoms. The molecule has 5 heteroatoms. The summed E-state index contributed by atoms with van der Waals surface area (Å²) in [5.41, 5.74) is -0.198. The smallest absolute Gasteiger partial charge is 0.315 e. The Labute approximate surface area is 190 Å². The molecule has 0 aromatic heterocycles. The molecule has 0 aromatic carbocycles. The van der Waals surface area contributed by atoms with Crippen molar-refractivity contribution in [2.24, 2.45) is 11.3 Å². The van der Waals surface area contributed by atoms with Gasteiger partial charge in [0, 0.05) is 30.0 Å². The van der Waals surface area contributed by atoms with Gasteiger partial charge >= 0.3 is 6.03 Å². The Morgan fingerprint density at radius 3 is 1.58 bits per heavy atom. The number of nitrogens with one attached hydrogen (secondary N) is 2. The van der Waals surface area contributed by atoms with Crippen LogP contribution in [0.3, 0.4) is 0 Å². The van der Waals surface area contributed by atoms with Gasteiger partial charge in [-0.1, -0.05) is 90.9 Å². The predicted molar refractivity (Wildman–Crippen MR) is 127 cm³/mol. The second-order valence-corrected chi connectivity index (χ2v) is 10.7. The van der Waals surface area contributed by atoms with Crippen LogP contribution in [0, 0.1) is 11.3 Å². The lowest BCUT2D eigenvalue weighted by atomic mass is 9.37. The molecule has 0 unspecified atom stereocenters. The van der Waals surface area contributed by atoms with E-state index in [9.17, 15) is 9.59 Å². The molecule has 180 valence electrons. The summed E-state index contributed by atoms with van der Waals surface area (Å²) in [6, 6.07) is -0.0568. The summed E-state index contributed by atoms with van der Waals surface area (Å²) >= 11 is 0. The molecule has 31 heavy (non-hydrogen) atoms. The van der Waals surface area contributed by atoms with E-state index in [1.807, 2.05) is 13.8 Å². The average molecular weight is 437 g/mol. The Morgan fingerprint density at radius 1 is 0.742 bits per heavy atom. The number of hydrogen-bond acceptors (Lipinski definition) is 3. The van der Waals surface area contributed by atoms with Gasteiger partial charge in [-0.3, -0.25) is 4.79 Å². The van der Waals surface area contributed by atoms with Crippen molar-refractivity contribution in [1.29, 1.82) is 0 Å². The van der Waals surface area contributed by atoms with E-state index in [1.54, 1.807) is 0 Å². The van der Waals surface area contributed by atoms with Crippen molar-refractivity contribution < 1.29 is 14.7 Å². The average Bonchev–Trinajstić information content (AvgIpc) is 2.68. The zero-order valence-corrected chi connectivity index (χ0v) is 20.3. The lowest BCUT2D eigenvalue weighted by Gasteiger charge is -2.69. The van der Waals surface area contributed by atoms with Crippen molar-refractivity contribution in [3.05, 3.63) is 0 Å². The number of carbonyl (C=O) groups is 2. The standard InChI is InChI=1S/C26H48N2O3/c1-22(2)23(30)25-19-26(20-25,21-25)28-24(31)27-17-15-13-11-9-7-5-3-4-6-8-10-12-14-16-18-29/h22,29H,3-21H2,1-2H3,(H2,27,28,31). The molecule has 3 aliphatic rings. The fourth-order valence-electron chi connectivity index (χ4n) is 5.64. The van der Waals surface area contributed by atoms with Gasteiger partial charge in [-0.25, -0.2) is 4.79 Å². The fraction of sp³-hybridized carbons (Fsp3) is 0.923. The topological polar surface area (TPSA) is 78.4 Å². The second kappa shape index (κ2) is 13.4. The quantitative estimate of drug-likeness (QED) is 0.221. The van der Waals surface area contributed by atoms with E-state index in [1.165, 1.54) is 77.0 Å². The van der Waals surface area contributed by atoms with Gasteiger partial charge in [-0.15, -0.1) is 0 Å². The molecule has 0 radical (unpaired) electrons. The highest BCUT2D eigenvalue weighted by Gasteiger charge is 2.71. The Hall–Kier alpha value is -1.10. The normalized spacial score (nSPS) is 23.9. The SMILES string of the molecule is CC(C)C(=O)C12CC(NC(=O)NCCCCCCCCCCCCCCCCO)(C1)C2. The van der Waals surface area contributed by atoms with Crippen LogP contribution in [0.2, 0.25) is 0 Å². The van der Waals surface area contributed by atoms with Crippen molar-refractivity contribution in [3.63, 3.8) is 0 Å². The minimum Gasteiger partial charge on any atom is -0.396 e. The molecular formula is C26H48N2O3. The van der Waals surface area contributed by atoms with E-state index in [2.05, 4.69) is 10.6 Å². The molecule has 3 aliphatic carbocycles. The number of aliphatic hydroxyl groups is 1. The number of amides is 2. The number of Topliss-reactive ketones (excluding diaryl/α,β-unsaturated/α-hetero) is 1. The summed E-state index contributed by atoms with van der Waals surface area (Å²) in [7, 11) is 0. The zero-order chi connectivity index (χ0) is 22.6. The van der Waals surface area contributed by atoms with Crippen molar-refractivity contribution >= 4 is 11.8 Å². The molecule has 3 saturated carbocycles. The van der Waals surface area contributed by atoms with Gasteiger partial charge in [0.1, 0.15) is 5.78 Å². The maximum atomic E-state index is 12.2. The largest absolute Gasteiger partial charge is 0.396 e. The molecular weight excluding hydrogens is 388 g/mol. The van der Waals surface area contributed by atoms with Crippen molar-refractivity contribution in [2.75, 3.05) is 13.2 Å². The first-order valence-corrected chi connectivity index (χ1v) is 13.1. The van der Waals surface area contributed by atoms with Crippen LogP contribution in [0.15, 0.2) is 0 Å². The van der Waals surface area contributed by atoms with Crippen LogP contribution < -0.4 is 10.6 Å². The Kier molecular flexibility index (Phi) is 11.3. The summed E-state index contributed by atoms with van der Waals surface area (Å²) in [6.45, 7) is 5.04. The summed E-state index contributed by atoms with van der Waals surface area (Å²) in [6.07, 6.45) is 20.2. The third kappa shape index (κ3) is 8.40.